The van der Waals surface area contributed by atoms with Crippen LogP contribution in [-0.2, 0) is 0 Å². The molecule has 2 rings (SSSR count). The summed E-state index contributed by atoms with van der Waals surface area (Å²) in [4.78, 5) is 0. The lowest BCUT2D eigenvalue weighted by Crippen LogP contribution is -2.28. The van der Waals surface area contributed by atoms with Crippen LogP contribution < -0.4 is 10.1 Å². The Morgan fingerprint density at radius 1 is 1.41 bits per heavy atom. The van der Waals surface area contributed by atoms with Crippen molar-refractivity contribution in [2.45, 2.75) is 38.7 Å². The Balaban J connectivity index is 2.12. The molecule has 3 heteroatoms. The zero-order valence-corrected chi connectivity index (χ0v) is 10.5. The minimum atomic E-state index is -0.248. The van der Waals surface area contributed by atoms with E-state index < -0.39 is 0 Å². The van der Waals surface area contributed by atoms with Gasteiger partial charge in [0.05, 0.1) is 6.10 Å². The fraction of sp³-hybridized carbons (Fsp3) is 0.571. The van der Waals surface area contributed by atoms with Gasteiger partial charge in [0.15, 0.2) is 11.6 Å². The van der Waals surface area contributed by atoms with Crippen LogP contribution in [0.1, 0.15) is 38.2 Å². The first-order valence-electron chi connectivity index (χ1n) is 6.33. The molecule has 1 aliphatic heterocycles. The van der Waals surface area contributed by atoms with Gasteiger partial charge in [-0.3, -0.25) is 0 Å². The third-order valence-electron chi connectivity index (χ3n) is 3.09. The van der Waals surface area contributed by atoms with E-state index in [2.05, 4.69) is 5.32 Å². The summed E-state index contributed by atoms with van der Waals surface area (Å²) in [5.41, 5.74) is 1.07. The van der Waals surface area contributed by atoms with E-state index in [9.17, 15) is 4.39 Å². The molecule has 0 aliphatic carbocycles. The smallest absolute Gasteiger partial charge is 0.165 e. The van der Waals surface area contributed by atoms with E-state index in [0.717, 1.165) is 31.5 Å². The van der Waals surface area contributed by atoms with E-state index in [1.54, 1.807) is 12.1 Å². The Hall–Kier alpha value is -1.09. The fourth-order valence-corrected chi connectivity index (χ4v) is 2.26. The lowest BCUT2D eigenvalue weighted by molar-refractivity contribution is 0.231. The number of nitrogens with one attached hydrogen (secondary N) is 1. The summed E-state index contributed by atoms with van der Waals surface area (Å²) in [6, 6.07) is 5.35. The second-order valence-electron chi connectivity index (χ2n) is 4.90. The standard InChI is InChI=1S/C14H20FNO/c1-10(2)17-14-6-5-11(8-13(14)15)12-4-3-7-16-9-12/h5-6,8,10,12,16H,3-4,7,9H2,1-2H3. The highest BCUT2D eigenvalue weighted by molar-refractivity contribution is 5.31. The Labute approximate surface area is 102 Å². The summed E-state index contributed by atoms with van der Waals surface area (Å²) in [5, 5.41) is 3.35. The number of hydrogen-bond donors (Lipinski definition) is 1. The first kappa shape index (κ1) is 12.4. The van der Waals surface area contributed by atoms with Crippen LogP contribution in [0.4, 0.5) is 4.39 Å². The summed E-state index contributed by atoms with van der Waals surface area (Å²) < 4.78 is 19.2. The van der Waals surface area contributed by atoms with E-state index in [0.29, 0.717) is 11.7 Å². The molecule has 1 unspecified atom stereocenters. The van der Waals surface area contributed by atoms with Crippen molar-refractivity contribution in [1.82, 2.24) is 5.32 Å². The SMILES string of the molecule is CC(C)Oc1ccc(C2CCCNC2)cc1F. The molecular formula is C14H20FNO. The highest BCUT2D eigenvalue weighted by Gasteiger charge is 2.17. The third-order valence-corrected chi connectivity index (χ3v) is 3.09. The van der Waals surface area contributed by atoms with Crippen LogP contribution in [0.2, 0.25) is 0 Å². The first-order valence-corrected chi connectivity index (χ1v) is 6.33. The third kappa shape index (κ3) is 3.19. The minimum absolute atomic E-state index is 0.00620. The van der Waals surface area contributed by atoms with Crippen molar-refractivity contribution in [2.75, 3.05) is 13.1 Å². The largest absolute Gasteiger partial charge is 0.488 e. The quantitative estimate of drug-likeness (QED) is 0.872. The Morgan fingerprint density at radius 3 is 2.82 bits per heavy atom. The second-order valence-corrected chi connectivity index (χ2v) is 4.90. The molecule has 0 radical (unpaired) electrons. The van der Waals surface area contributed by atoms with Gasteiger partial charge in [-0.15, -0.1) is 0 Å². The van der Waals surface area contributed by atoms with Gasteiger partial charge in [0, 0.05) is 6.54 Å². The molecule has 1 heterocycles. The van der Waals surface area contributed by atoms with Crippen LogP contribution in [0.15, 0.2) is 18.2 Å². The fourth-order valence-electron chi connectivity index (χ4n) is 2.26. The summed E-state index contributed by atoms with van der Waals surface area (Å²) >= 11 is 0. The molecule has 0 bridgehead atoms. The van der Waals surface area contributed by atoms with Crippen molar-refractivity contribution < 1.29 is 9.13 Å². The number of benzene rings is 1. The molecule has 0 saturated carbocycles. The van der Waals surface area contributed by atoms with Crippen molar-refractivity contribution in [3.05, 3.63) is 29.6 Å². The maximum Gasteiger partial charge on any atom is 0.165 e. The Kier molecular flexibility index (Phi) is 4.00. The Bertz CT molecular complexity index is 372. The average Bonchev–Trinajstić information content (AvgIpc) is 2.32. The number of ether oxygens (including phenoxy) is 1. The van der Waals surface area contributed by atoms with Gasteiger partial charge >= 0.3 is 0 Å². The summed E-state index contributed by atoms with van der Waals surface area (Å²) in [6.07, 6.45) is 2.31. The van der Waals surface area contributed by atoms with Crippen LogP contribution >= 0.6 is 0 Å². The molecule has 17 heavy (non-hydrogen) atoms. The van der Waals surface area contributed by atoms with Gasteiger partial charge in [-0.2, -0.15) is 0 Å². The van der Waals surface area contributed by atoms with Gasteiger partial charge in [0.2, 0.25) is 0 Å². The normalized spacial score (nSPS) is 20.6. The zero-order valence-electron chi connectivity index (χ0n) is 10.5. The molecule has 94 valence electrons. The van der Waals surface area contributed by atoms with E-state index in [1.807, 2.05) is 19.9 Å². The van der Waals surface area contributed by atoms with Crippen LogP contribution in [-0.4, -0.2) is 19.2 Å². The molecule has 1 aromatic rings. The monoisotopic (exact) mass is 237 g/mol. The lowest BCUT2D eigenvalue weighted by Gasteiger charge is -2.23. The van der Waals surface area contributed by atoms with Gasteiger partial charge in [0.1, 0.15) is 0 Å². The van der Waals surface area contributed by atoms with Gasteiger partial charge in [-0.1, -0.05) is 6.07 Å². The number of halogens is 1. The molecule has 0 spiro atoms. The molecule has 0 aromatic heterocycles. The molecule has 2 nitrogen and oxygen atoms in total. The van der Waals surface area contributed by atoms with Gasteiger partial charge in [-0.25, -0.2) is 4.39 Å². The van der Waals surface area contributed by atoms with Crippen LogP contribution in [0.5, 0.6) is 5.75 Å². The number of piperidine rings is 1. The molecule has 1 aliphatic rings. The van der Waals surface area contributed by atoms with Crippen LogP contribution in [0, 0.1) is 5.82 Å². The maximum atomic E-state index is 13.8. The van der Waals surface area contributed by atoms with E-state index in [-0.39, 0.29) is 11.9 Å². The van der Waals surface area contributed by atoms with Crippen molar-refractivity contribution in [1.29, 1.82) is 0 Å². The molecule has 1 fully saturated rings. The molecule has 0 amide bonds. The lowest BCUT2D eigenvalue weighted by atomic mass is 9.91. The molecule has 1 saturated heterocycles. The van der Waals surface area contributed by atoms with E-state index in [1.165, 1.54) is 0 Å². The zero-order chi connectivity index (χ0) is 12.3. The van der Waals surface area contributed by atoms with E-state index >= 15 is 0 Å². The number of hydrogen-bond acceptors (Lipinski definition) is 2. The summed E-state index contributed by atoms with van der Waals surface area (Å²) in [5.74, 6) is 0.542. The highest BCUT2D eigenvalue weighted by Crippen LogP contribution is 2.27. The first-order chi connectivity index (χ1) is 8.16. The molecule has 1 aromatic carbocycles. The maximum absolute atomic E-state index is 13.8. The van der Waals surface area contributed by atoms with Crippen molar-refractivity contribution in [2.24, 2.45) is 0 Å². The van der Waals surface area contributed by atoms with E-state index in [4.69, 9.17) is 4.74 Å². The summed E-state index contributed by atoms with van der Waals surface area (Å²) in [6.45, 7) is 5.83. The molecular weight excluding hydrogens is 217 g/mol. The second kappa shape index (κ2) is 5.50. The van der Waals surface area contributed by atoms with Crippen LogP contribution in [0.25, 0.3) is 0 Å². The predicted octanol–water partition coefficient (Wildman–Crippen LogP) is 3.08. The van der Waals surface area contributed by atoms with Gasteiger partial charge in [0.25, 0.3) is 0 Å². The van der Waals surface area contributed by atoms with Crippen LogP contribution in [0.3, 0.4) is 0 Å². The highest BCUT2D eigenvalue weighted by atomic mass is 19.1. The predicted molar refractivity (Wildman–Crippen MR) is 67.0 cm³/mol. The average molecular weight is 237 g/mol. The van der Waals surface area contributed by atoms with Crippen molar-refractivity contribution >= 4 is 0 Å². The molecule has 1 N–H and O–H groups in total. The Morgan fingerprint density at radius 2 is 2.24 bits per heavy atom. The summed E-state index contributed by atoms with van der Waals surface area (Å²) in [7, 11) is 0. The van der Waals surface area contributed by atoms with Crippen molar-refractivity contribution in [3.63, 3.8) is 0 Å². The molecule has 1 atom stereocenters. The number of rotatable bonds is 3. The minimum Gasteiger partial charge on any atom is -0.488 e. The topological polar surface area (TPSA) is 21.3 Å². The van der Waals surface area contributed by atoms with Gasteiger partial charge in [-0.05, 0) is 56.8 Å². The van der Waals surface area contributed by atoms with Crippen molar-refractivity contribution in [3.8, 4) is 5.75 Å². The van der Waals surface area contributed by atoms with Gasteiger partial charge < -0.3 is 10.1 Å².